The molecule has 1 amide bonds. The first-order valence-corrected chi connectivity index (χ1v) is 7.97. The van der Waals surface area contributed by atoms with Crippen molar-refractivity contribution in [2.45, 2.75) is 39.7 Å². The van der Waals surface area contributed by atoms with Gasteiger partial charge < -0.3 is 20.5 Å². The smallest absolute Gasteiger partial charge is 0.223 e. The van der Waals surface area contributed by atoms with E-state index in [4.69, 9.17) is 4.52 Å². The number of halogens is 1. The van der Waals surface area contributed by atoms with E-state index in [0.29, 0.717) is 25.6 Å². The molecule has 0 unspecified atom stereocenters. The third-order valence-corrected chi connectivity index (χ3v) is 3.37. The van der Waals surface area contributed by atoms with E-state index >= 15 is 0 Å². The highest BCUT2D eigenvalue weighted by Crippen LogP contribution is 2.28. The molecule has 0 radical (unpaired) electrons. The molecule has 1 saturated carbocycles. The number of aromatic nitrogens is 1. The fourth-order valence-corrected chi connectivity index (χ4v) is 1.95. The van der Waals surface area contributed by atoms with Gasteiger partial charge in [0, 0.05) is 31.6 Å². The second-order valence-corrected chi connectivity index (χ2v) is 5.33. The van der Waals surface area contributed by atoms with Crippen LogP contribution in [0.5, 0.6) is 0 Å². The number of guanidine groups is 1. The standard InChI is InChI=1S/C15H25N5O2.HI/c1-3-12-9-13(22-20-12)10-19-15(16-4-2)18-8-7-17-14(21)11-5-6-11;/h9,11H,3-8,10H2,1-2H3,(H,17,21)(H2,16,18,19);1H. The molecule has 8 heteroatoms. The second kappa shape index (κ2) is 10.5. The van der Waals surface area contributed by atoms with Gasteiger partial charge in [-0.25, -0.2) is 4.99 Å². The van der Waals surface area contributed by atoms with Crippen LogP contribution in [0.2, 0.25) is 0 Å². The highest BCUT2D eigenvalue weighted by Gasteiger charge is 2.28. The predicted octanol–water partition coefficient (Wildman–Crippen LogP) is 1.44. The Morgan fingerprint density at radius 2 is 2.04 bits per heavy atom. The normalized spacial score (nSPS) is 14.1. The fraction of sp³-hybridized carbons (Fsp3) is 0.667. The summed E-state index contributed by atoms with van der Waals surface area (Å²) in [6.07, 6.45) is 2.91. The average Bonchev–Trinajstić information content (AvgIpc) is 3.28. The molecule has 1 aliphatic rings. The lowest BCUT2D eigenvalue weighted by atomic mass is 10.3. The van der Waals surface area contributed by atoms with Crippen molar-refractivity contribution < 1.29 is 9.32 Å². The molecular weight excluding hydrogens is 409 g/mol. The highest BCUT2D eigenvalue weighted by molar-refractivity contribution is 14.0. The average molecular weight is 435 g/mol. The molecule has 0 atom stereocenters. The largest absolute Gasteiger partial charge is 0.359 e. The third-order valence-electron chi connectivity index (χ3n) is 3.37. The monoisotopic (exact) mass is 435 g/mol. The molecule has 130 valence electrons. The van der Waals surface area contributed by atoms with Gasteiger partial charge in [-0.3, -0.25) is 4.79 Å². The van der Waals surface area contributed by atoms with E-state index in [9.17, 15) is 4.79 Å². The van der Waals surface area contributed by atoms with Crippen molar-refractivity contribution >= 4 is 35.8 Å². The molecule has 0 spiro atoms. The minimum atomic E-state index is 0. The van der Waals surface area contributed by atoms with Crippen LogP contribution in [0.25, 0.3) is 0 Å². The predicted molar refractivity (Wildman–Crippen MR) is 99.8 cm³/mol. The van der Waals surface area contributed by atoms with Crippen molar-refractivity contribution in [3.05, 3.63) is 17.5 Å². The van der Waals surface area contributed by atoms with Gasteiger partial charge >= 0.3 is 0 Å². The van der Waals surface area contributed by atoms with Crippen LogP contribution in [0.1, 0.15) is 38.1 Å². The van der Waals surface area contributed by atoms with Crippen LogP contribution in [0.3, 0.4) is 0 Å². The van der Waals surface area contributed by atoms with Crippen LogP contribution in [-0.4, -0.2) is 36.7 Å². The maximum atomic E-state index is 11.5. The van der Waals surface area contributed by atoms with Crippen molar-refractivity contribution in [3.8, 4) is 0 Å². The van der Waals surface area contributed by atoms with Crippen molar-refractivity contribution in [2.75, 3.05) is 19.6 Å². The number of nitrogens with one attached hydrogen (secondary N) is 3. The Morgan fingerprint density at radius 1 is 1.30 bits per heavy atom. The first kappa shape index (κ1) is 19.7. The van der Waals surface area contributed by atoms with Crippen LogP contribution in [0, 0.1) is 5.92 Å². The summed E-state index contributed by atoms with van der Waals surface area (Å²) in [6.45, 7) is 6.50. The van der Waals surface area contributed by atoms with E-state index in [-0.39, 0.29) is 35.8 Å². The molecule has 23 heavy (non-hydrogen) atoms. The molecule has 0 bridgehead atoms. The first-order valence-electron chi connectivity index (χ1n) is 7.97. The number of carbonyl (C=O) groups excluding carboxylic acids is 1. The zero-order valence-corrected chi connectivity index (χ0v) is 16.1. The van der Waals surface area contributed by atoms with Gasteiger partial charge in [-0.15, -0.1) is 24.0 Å². The molecule has 0 aliphatic heterocycles. The summed E-state index contributed by atoms with van der Waals surface area (Å²) in [5, 5.41) is 13.2. The number of rotatable bonds is 8. The molecule has 1 fully saturated rings. The zero-order chi connectivity index (χ0) is 15.8. The summed E-state index contributed by atoms with van der Waals surface area (Å²) >= 11 is 0. The van der Waals surface area contributed by atoms with Crippen LogP contribution in [0.15, 0.2) is 15.6 Å². The van der Waals surface area contributed by atoms with Gasteiger partial charge in [0.15, 0.2) is 11.7 Å². The Kier molecular flexibility index (Phi) is 8.97. The van der Waals surface area contributed by atoms with Gasteiger partial charge in [-0.2, -0.15) is 0 Å². The molecule has 1 aromatic rings. The Balaban J connectivity index is 0.00000264. The summed E-state index contributed by atoms with van der Waals surface area (Å²) < 4.78 is 5.20. The van der Waals surface area contributed by atoms with Gasteiger partial charge in [-0.1, -0.05) is 12.1 Å². The van der Waals surface area contributed by atoms with Crippen molar-refractivity contribution in [3.63, 3.8) is 0 Å². The molecule has 7 nitrogen and oxygen atoms in total. The lowest BCUT2D eigenvalue weighted by Crippen LogP contribution is -2.41. The summed E-state index contributed by atoms with van der Waals surface area (Å²) in [5.41, 5.74) is 0.936. The molecule has 1 aliphatic carbocycles. The number of hydrogen-bond acceptors (Lipinski definition) is 4. The molecule has 3 N–H and O–H groups in total. The summed E-state index contributed by atoms with van der Waals surface area (Å²) in [5.74, 6) is 1.87. The van der Waals surface area contributed by atoms with E-state index < -0.39 is 0 Å². The summed E-state index contributed by atoms with van der Waals surface area (Å²) in [6, 6.07) is 1.92. The third kappa shape index (κ3) is 7.19. The summed E-state index contributed by atoms with van der Waals surface area (Å²) in [7, 11) is 0. The van der Waals surface area contributed by atoms with Crippen molar-refractivity contribution in [2.24, 2.45) is 10.9 Å². The van der Waals surface area contributed by atoms with Crippen LogP contribution in [0.4, 0.5) is 0 Å². The van der Waals surface area contributed by atoms with Gasteiger partial charge in [0.25, 0.3) is 0 Å². The van der Waals surface area contributed by atoms with E-state index in [1.165, 1.54) is 0 Å². The van der Waals surface area contributed by atoms with Crippen molar-refractivity contribution in [1.82, 2.24) is 21.1 Å². The minimum absolute atomic E-state index is 0. The Hall–Kier alpha value is -1.32. The van der Waals surface area contributed by atoms with Crippen LogP contribution in [-0.2, 0) is 17.8 Å². The second-order valence-electron chi connectivity index (χ2n) is 5.33. The van der Waals surface area contributed by atoms with E-state index in [1.807, 2.05) is 19.9 Å². The number of carbonyl (C=O) groups is 1. The minimum Gasteiger partial charge on any atom is -0.359 e. The Morgan fingerprint density at radius 3 is 2.65 bits per heavy atom. The van der Waals surface area contributed by atoms with Crippen LogP contribution >= 0.6 is 24.0 Å². The number of aliphatic imine (C=N–C) groups is 1. The first-order chi connectivity index (χ1) is 10.7. The quantitative estimate of drug-likeness (QED) is 0.249. The number of amides is 1. The lowest BCUT2D eigenvalue weighted by Gasteiger charge is -2.11. The molecule has 2 rings (SSSR count). The SMILES string of the molecule is CCNC(=NCc1cc(CC)no1)NCCNC(=O)C1CC1.I. The highest BCUT2D eigenvalue weighted by atomic mass is 127. The van der Waals surface area contributed by atoms with Gasteiger partial charge in [0.2, 0.25) is 5.91 Å². The Bertz CT molecular complexity index is 514. The van der Waals surface area contributed by atoms with Gasteiger partial charge in [-0.05, 0) is 26.2 Å². The fourth-order valence-electron chi connectivity index (χ4n) is 1.95. The van der Waals surface area contributed by atoms with Crippen molar-refractivity contribution in [1.29, 1.82) is 0 Å². The molecule has 0 aromatic carbocycles. The molecule has 1 heterocycles. The maximum absolute atomic E-state index is 11.5. The van der Waals surface area contributed by atoms with E-state index in [0.717, 1.165) is 37.3 Å². The lowest BCUT2D eigenvalue weighted by molar-refractivity contribution is -0.122. The Labute approximate surface area is 154 Å². The molecule has 1 aromatic heterocycles. The maximum Gasteiger partial charge on any atom is 0.223 e. The zero-order valence-electron chi connectivity index (χ0n) is 13.7. The van der Waals surface area contributed by atoms with Gasteiger partial charge in [0.05, 0.1) is 5.69 Å². The molecular formula is C15H26IN5O2. The number of hydrogen-bond donors (Lipinski definition) is 3. The topological polar surface area (TPSA) is 91.6 Å². The number of nitrogens with zero attached hydrogens (tertiary/aromatic N) is 2. The van der Waals surface area contributed by atoms with E-state index in [2.05, 4.69) is 26.1 Å². The van der Waals surface area contributed by atoms with E-state index in [1.54, 1.807) is 0 Å². The number of aryl methyl sites for hydroxylation is 1. The molecule has 0 saturated heterocycles. The summed E-state index contributed by atoms with van der Waals surface area (Å²) in [4.78, 5) is 16.0. The van der Waals surface area contributed by atoms with Crippen LogP contribution < -0.4 is 16.0 Å². The van der Waals surface area contributed by atoms with Gasteiger partial charge in [0.1, 0.15) is 6.54 Å².